The number of rotatable bonds is 6. The van der Waals surface area contributed by atoms with Gasteiger partial charge in [-0.25, -0.2) is 0 Å². The molecule has 27 heavy (non-hydrogen) atoms. The summed E-state index contributed by atoms with van der Waals surface area (Å²) < 4.78 is 5.14. The maximum absolute atomic E-state index is 11.9. The van der Waals surface area contributed by atoms with Crippen molar-refractivity contribution in [1.82, 2.24) is 10.6 Å². The van der Waals surface area contributed by atoms with Gasteiger partial charge in [-0.1, -0.05) is 6.07 Å². The van der Waals surface area contributed by atoms with Gasteiger partial charge in [-0.3, -0.25) is 9.79 Å². The summed E-state index contributed by atoms with van der Waals surface area (Å²) in [6.45, 7) is 5.19. The van der Waals surface area contributed by atoms with E-state index in [0.29, 0.717) is 12.6 Å². The van der Waals surface area contributed by atoms with Gasteiger partial charge in [0.2, 0.25) is 0 Å². The van der Waals surface area contributed by atoms with Crippen LogP contribution in [-0.4, -0.2) is 45.7 Å². The molecule has 1 saturated carbocycles. The summed E-state index contributed by atoms with van der Waals surface area (Å²) in [5, 5.41) is 6.91. The topological polar surface area (TPSA) is 66.0 Å². The van der Waals surface area contributed by atoms with Crippen LogP contribution in [0.3, 0.4) is 0 Å². The lowest BCUT2D eigenvalue weighted by Crippen LogP contribution is -2.45. The Morgan fingerprint density at radius 1 is 1.26 bits per heavy atom. The maximum Gasteiger partial charge on any atom is 0.308 e. The molecule has 1 aromatic rings. The van der Waals surface area contributed by atoms with Gasteiger partial charge in [0.15, 0.2) is 5.96 Å². The molecule has 0 aliphatic heterocycles. The van der Waals surface area contributed by atoms with E-state index in [-0.39, 0.29) is 11.9 Å². The van der Waals surface area contributed by atoms with Crippen molar-refractivity contribution in [1.29, 1.82) is 0 Å². The summed E-state index contributed by atoms with van der Waals surface area (Å²) in [7, 11) is 5.89. The predicted molar refractivity (Wildman–Crippen MR) is 111 cm³/mol. The van der Waals surface area contributed by atoms with Crippen molar-refractivity contribution < 1.29 is 9.53 Å². The number of carbonyl (C=O) groups is 1. The normalized spacial score (nSPS) is 20.1. The fourth-order valence-corrected chi connectivity index (χ4v) is 3.46. The first-order valence-electron chi connectivity index (χ1n) is 9.85. The third kappa shape index (κ3) is 6.15. The Bertz CT molecular complexity index is 650. The quantitative estimate of drug-likeness (QED) is 0.455. The first-order valence-corrected chi connectivity index (χ1v) is 9.85. The number of aliphatic imine (C=N–C) groups is 1. The molecule has 0 spiro atoms. The van der Waals surface area contributed by atoms with Gasteiger partial charge in [0.25, 0.3) is 0 Å². The van der Waals surface area contributed by atoms with Crippen LogP contribution in [0.25, 0.3) is 0 Å². The monoisotopic (exact) mass is 374 g/mol. The largest absolute Gasteiger partial charge is 0.466 e. The fraction of sp³-hybridized carbons (Fsp3) is 0.619. The first kappa shape index (κ1) is 21.1. The minimum absolute atomic E-state index is 0.0462. The van der Waals surface area contributed by atoms with Crippen molar-refractivity contribution in [2.75, 3.05) is 32.6 Å². The standard InChI is InChI=1S/C21H34N4O2/c1-6-27-20(26)16-7-10-18(11-8-16)24-21(22-3)23-14-17-9-12-19(25(4)5)13-15(17)2/h9,12-13,16,18H,6-8,10-11,14H2,1-5H3,(H2,22,23,24). The molecular weight excluding hydrogens is 340 g/mol. The van der Waals surface area contributed by atoms with Crippen LogP contribution in [0.2, 0.25) is 0 Å². The zero-order chi connectivity index (χ0) is 19.8. The number of carbonyl (C=O) groups excluding carboxylic acids is 1. The van der Waals surface area contributed by atoms with E-state index in [2.05, 4.69) is 59.7 Å². The molecule has 1 aromatic carbocycles. The lowest BCUT2D eigenvalue weighted by atomic mass is 9.86. The lowest BCUT2D eigenvalue weighted by molar-refractivity contribution is -0.149. The molecule has 0 atom stereocenters. The number of esters is 1. The van der Waals surface area contributed by atoms with Crippen LogP contribution in [0.15, 0.2) is 23.2 Å². The molecule has 2 N–H and O–H groups in total. The van der Waals surface area contributed by atoms with Crippen LogP contribution in [0.1, 0.15) is 43.7 Å². The van der Waals surface area contributed by atoms with Crippen LogP contribution in [0.5, 0.6) is 0 Å². The highest BCUT2D eigenvalue weighted by Gasteiger charge is 2.27. The van der Waals surface area contributed by atoms with Gasteiger partial charge < -0.3 is 20.3 Å². The molecule has 2 rings (SSSR count). The van der Waals surface area contributed by atoms with Crippen molar-refractivity contribution in [3.05, 3.63) is 29.3 Å². The Balaban J connectivity index is 1.82. The molecule has 6 heteroatoms. The van der Waals surface area contributed by atoms with Crippen molar-refractivity contribution in [3.8, 4) is 0 Å². The third-order valence-corrected chi connectivity index (χ3v) is 5.20. The van der Waals surface area contributed by atoms with E-state index < -0.39 is 0 Å². The second kappa shape index (κ2) is 10.2. The van der Waals surface area contributed by atoms with E-state index >= 15 is 0 Å². The second-order valence-electron chi connectivity index (χ2n) is 7.38. The predicted octanol–water partition coefficient (Wildman–Crippen LogP) is 2.85. The Labute approximate surface area is 163 Å². The SMILES string of the molecule is CCOC(=O)C1CCC(NC(=NC)NCc2ccc(N(C)C)cc2C)CC1. The summed E-state index contributed by atoms with van der Waals surface area (Å²) in [6.07, 6.45) is 3.67. The van der Waals surface area contributed by atoms with Crippen molar-refractivity contribution in [2.45, 2.75) is 52.1 Å². The molecular formula is C21H34N4O2. The van der Waals surface area contributed by atoms with Crippen LogP contribution in [0, 0.1) is 12.8 Å². The number of guanidine groups is 1. The fourth-order valence-electron chi connectivity index (χ4n) is 3.46. The number of nitrogens with zero attached hydrogens (tertiary/aromatic N) is 2. The first-order chi connectivity index (χ1) is 12.9. The van der Waals surface area contributed by atoms with E-state index in [9.17, 15) is 4.79 Å². The second-order valence-corrected chi connectivity index (χ2v) is 7.38. The summed E-state index contributed by atoms with van der Waals surface area (Å²) in [4.78, 5) is 18.3. The molecule has 0 radical (unpaired) electrons. The van der Waals surface area contributed by atoms with Crippen molar-refractivity contribution in [2.24, 2.45) is 10.9 Å². The van der Waals surface area contributed by atoms with E-state index in [0.717, 1.165) is 38.2 Å². The van der Waals surface area contributed by atoms with Gasteiger partial charge in [0.05, 0.1) is 12.5 Å². The molecule has 1 aliphatic carbocycles. The highest BCUT2D eigenvalue weighted by molar-refractivity contribution is 5.80. The van der Waals surface area contributed by atoms with E-state index in [1.54, 1.807) is 7.05 Å². The van der Waals surface area contributed by atoms with E-state index in [4.69, 9.17) is 4.74 Å². The summed E-state index contributed by atoms with van der Waals surface area (Å²) >= 11 is 0. The summed E-state index contributed by atoms with van der Waals surface area (Å²) in [5.41, 5.74) is 3.73. The average molecular weight is 375 g/mol. The molecule has 0 saturated heterocycles. The van der Waals surface area contributed by atoms with Gasteiger partial charge in [0.1, 0.15) is 0 Å². The zero-order valence-electron chi connectivity index (χ0n) is 17.3. The molecule has 1 aliphatic rings. The number of ether oxygens (including phenoxy) is 1. The van der Waals surface area contributed by atoms with Gasteiger partial charge in [0, 0.05) is 39.4 Å². The van der Waals surface area contributed by atoms with Crippen LogP contribution in [-0.2, 0) is 16.1 Å². The van der Waals surface area contributed by atoms with Crippen LogP contribution in [0.4, 0.5) is 5.69 Å². The molecule has 0 unspecified atom stereocenters. The Morgan fingerprint density at radius 2 is 1.96 bits per heavy atom. The number of nitrogens with one attached hydrogen (secondary N) is 2. The number of anilines is 1. The number of hydrogen-bond donors (Lipinski definition) is 2. The van der Waals surface area contributed by atoms with Crippen LogP contribution < -0.4 is 15.5 Å². The highest BCUT2D eigenvalue weighted by atomic mass is 16.5. The van der Waals surface area contributed by atoms with Crippen LogP contribution >= 0.6 is 0 Å². The summed E-state index contributed by atoms with van der Waals surface area (Å²) in [6, 6.07) is 6.84. The molecule has 1 fully saturated rings. The lowest BCUT2D eigenvalue weighted by Gasteiger charge is -2.29. The van der Waals surface area contributed by atoms with Crippen molar-refractivity contribution >= 4 is 17.6 Å². The zero-order valence-corrected chi connectivity index (χ0v) is 17.3. The van der Waals surface area contributed by atoms with E-state index in [1.165, 1.54) is 16.8 Å². The molecule has 150 valence electrons. The molecule has 0 bridgehead atoms. The van der Waals surface area contributed by atoms with Crippen molar-refractivity contribution in [3.63, 3.8) is 0 Å². The Hall–Kier alpha value is -2.24. The maximum atomic E-state index is 11.9. The molecule has 6 nitrogen and oxygen atoms in total. The van der Waals surface area contributed by atoms with Gasteiger partial charge in [-0.05, 0) is 62.8 Å². The third-order valence-electron chi connectivity index (χ3n) is 5.20. The Morgan fingerprint density at radius 3 is 2.52 bits per heavy atom. The average Bonchev–Trinajstić information content (AvgIpc) is 2.66. The summed E-state index contributed by atoms with van der Waals surface area (Å²) in [5.74, 6) is 0.816. The molecule has 0 aromatic heterocycles. The van der Waals surface area contributed by atoms with Gasteiger partial charge in [-0.2, -0.15) is 0 Å². The van der Waals surface area contributed by atoms with E-state index in [1.807, 2.05) is 6.92 Å². The molecule has 0 heterocycles. The minimum Gasteiger partial charge on any atom is -0.466 e. The number of benzene rings is 1. The highest BCUT2D eigenvalue weighted by Crippen LogP contribution is 2.25. The Kier molecular flexibility index (Phi) is 7.95. The number of hydrogen-bond acceptors (Lipinski definition) is 4. The smallest absolute Gasteiger partial charge is 0.308 e. The minimum atomic E-state index is -0.0462. The molecule has 0 amide bonds. The van der Waals surface area contributed by atoms with Gasteiger partial charge in [-0.15, -0.1) is 0 Å². The number of aryl methyl sites for hydroxylation is 1. The van der Waals surface area contributed by atoms with Gasteiger partial charge >= 0.3 is 5.97 Å².